The van der Waals surface area contributed by atoms with Gasteiger partial charge in [0.2, 0.25) is 0 Å². The highest BCUT2D eigenvalue weighted by Crippen LogP contribution is 2.77. The maximum absolute atomic E-state index is 13.5. The van der Waals surface area contributed by atoms with Crippen LogP contribution in [-0.4, -0.2) is 88.3 Å². The third-order valence-corrected chi connectivity index (χ3v) is 17.2. The van der Waals surface area contributed by atoms with Crippen LogP contribution >= 0.6 is 11.8 Å². The van der Waals surface area contributed by atoms with Gasteiger partial charge in [-0.05, 0) is 160 Å². The molecule has 2 bridgehead atoms. The number of anilines is 2. The molecule has 0 unspecified atom stereocenters. The average molecular weight is 852 g/mol. The number of nitrogens with one attached hydrogen (secondary N) is 2. The first-order valence-corrected chi connectivity index (χ1v) is 25.1. The Morgan fingerprint density at radius 2 is 1.48 bits per heavy atom. The summed E-state index contributed by atoms with van der Waals surface area (Å²) in [4.78, 5) is 22.3. The predicted octanol–water partition coefficient (Wildman–Crippen LogP) is 10.0. The van der Waals surface area contributed by atoms with Gasteiger partial charge < -0.3 is 15.1 Å². The molecule has 8 nitrogen and oxygen atoms in total. The number of nitrogens with zero attached hydrogens (tertiary/aromatic N) is 3. The van der Waals surface area contributed by atoms with Crippen LogP contribution in [0.3, 0.4) is 0 Å². The van der Waals surface area contributed by atoms with Gasteiger partial charge in [-0.2, -0.15) is 0 Å². The van der Waals surface area contributed by atoms with Crippen LogP contribution in [-0.2, 0) is 10.0 Å². The Balaban J connectivity index is 0.844. The molecular formula is C50H69N5O3S2. The summed E-state index contributed by atoms with van der Waals surface area (Å²) in [6.45, 7) is 22.3. The van der Waals surface area contributed by atoms with Crippen LogP contribution in [0.2, 0.25) is 0 Å². The minimum Gasteiger partial charge on any atom is -0.381 e. The number of aryl methyl sites for hydroxylation is 1. The number of sulfonamides is 1. The molecular weight excluding hydrogens is 783 g/mol. The Hall–Kier alpha value is -3.31. The Morgan fingerprint density at radius 3 is 2.13 bits per heavy atom. The van der Waals surface area contributed by atoms with E-state index in [1.54, 1.807) is 29.8 Å². The zero-order valence-corrected chi connectivity index (χ0v) is 38.7. The number of rotatable bonds is 15. The number of piperidine rings is 1. The number of amides is 1. The normalized spacial score (nSPS) is 25.9. The first-order chi connectivity index (χ1) is 28.5. The Kier molecular flexibility index (Phi) is 12.4. The molecule has 60 heavy (non-hydrogen) atoms. The number of hydrogen-bond acceptors (Lipinski definition) is 8. The van der Waals surface area contributed by atoms with Crippen LogP contribution in [0, 0.1) is 28.6 Å². The van der Waals surface area contributed by atoms with E-state index in [4.69, 9.17) is 0 Å². The highest BCUT2D eigenvalue weighted by atomic mass is 32.2. The van der Waals surface area contributed by atoms with Gasteiger partial charge in [0, 0.05) is 72.9 Å². The fraction of sp³-hybridized carbons (Fsp3) is 0.580. The van der Waals surface area contributed by atoms with E-state index in [2.05, 4.69) is 83.6 Å². The zero-order valence-electron chi connectivity index (χ0n) is 37.1. The van der Waals surface area contributed by atoms with Crippen molar-refractivity contribution < 1.29 is 13.2 Å². The molecule has 1 atom stereocenters. The lowest BCUT2D eigenvalue weighted by molar-refractivity contribution is -0.167. The molecule has 2 N–H and O–H groups in total. The van der Waals surface area contributed by atoms with E-state index >= 15 is 0 Å². The molecule has 3 aromatic rings. The number of likely N-dealkylation sites (tertiary alicyclic amines) is 1. The monoisotopic (exact) mass is 851 g/mol. The molecule has 3 saturated carbocycles. The van der Waals surface area contributed by atoms with Crippen LogP contribution in [0.4, 0.5) is 11.4 Å². The molecule has 0 radical (unpaired) electrons. The van der Waals surface area contributed by atoms with E-state index in [-0.39, 0.29) is 10.9 Å². The summed E-state index contributed by atoms with van der Waals surface area (Å²) < 4.78 is 29.4. The summed E-state index contributed by atoms with van der Waals surface area (Å²) in [5.74, 6) is 0.272. The van der Waals surface area contributed by atoms with Crippen molar-refractivity contribution >= 4 is 39.1 Å². The smallest absolute Gasteiger partial charge is 0.264 e. The number of carbonyl (C=O) groups excluding carboxylic acids is 1. The molecule has 3 aromatic carbocycles. The van der Waals surface area contributed by atoms with Crippen LogP contribution < -0.4 is 14.9 Å². The number of allylic oxidation sites excluding steroid dienone is 1. The van der Waals surface area contributed by atoms with E-state index < -0.39 is 15.9 Å². The molecule has 6 aliphatic rings. The van der Waals surface area contributed by atoms with Crippen LogP contribution in [0.15, 0.2) is 93.7 Å². The van der Waals surface area contributed by atoms with Gasteiger partial charge >= 0.3 is 0 Å². The maximum atomic E-state index is 13.5. The summed E-state index contributed by atoms with van der Waals surface area (Å²) in [6, 6.07) is 23.2. The SMILES string of the molecule is Cc1cc(S(=O)(=O)NC(=O)c2ccc(N3CCN(CC4=C(C56CC(C)(C5)C6)CC(C)(C)CC4)CC3)cc2)ccc1N[C@H](CCN1CCC(C)(C)CC1)CSc1ccccc1. The highest BCUT2D eigenvalue weighted by molar-refractivity contribution is 7.99. The van der Waals surface area contributed by atoms with Crippen molar-refractivity contribution in [3.8, 4) is 0 Å². The van der Waals surface area contributed by atoms with Crippen molar-refractivity contribution in [3.05, 3.63) is 95.1 Å². The Bertz CT molecular complexity index is 2130. The average Bonchev–Trinajstić information content (AvgIpc) is 3.19. The third-order valence-electron chi connectivity index (χ3n) is 14.7. The van der Waals surface area contributed by atoms with E-state index in [9.17, 15) is 13.2 Å². The largest absolute Gasteiger partial charge is 0.381 e. The minimum atomic E-state index is -4.08. The van der Waals surface area contributed by atoms with Gasteiger partial charge in [-0.25, -0.2) is 13.1 Å². The quantitative estimate of drug-likeness (QED) is 0.116. The molecule has 5 fully saturated rings. The van der Waals surface area contributed by atoms with Crippen molar-refractivity contribution in [3.63, 3.8) is 0 Å². The fourth-order valence-electron chi connectivity index (χ4n) is 11.0. The Morgan fingerprint density at radius 1 is 0.800 bits per heavy atom. The van der Waals surface area contributed by atoms with Gasteiger partial charge in [0.25, 0.3) is 15.9 Å². The van der Waals surface area contributed by atoms with E-state index in [1.165, 1.54) is 56.3 Å². The van der Waals surface area contributed by atoms with Gasteiger partial charge in [0.05, 0.1) is 4.90 Å². The minimum absolute atomic E-state index is 0.0813. The second-order valence-corrected chi connectivity index (χ2v) is 23.8. The number of benzene rings is 3. The predicted molar refractivity (Wildman–Crippen MR) is 249 cm³/mol. The lowest BCUT2D eigenvalue weighted by Crippen LogP contribution is -2.61. The molecule has 2 saturated heterocycles. The van der Waals surface area contributed by atoms with Gasteiger partial charge in [-0.15, -0.1) is 11.8 Å². The van der Waals surface area contributed by atoms with Crippen molar-refractivity contribution in [2.24, 2.45) is 21.7 Å². The molecule has 0 spiro atoms. The molecule has 4 aliphatic carbocycles. The summed E-state index contributed by atoms with van der Waals surface area (Å²) in [6.07, 6.45) is 11.4. The van der Waals surface area contributed by atoms with Gasteiger partial charge in [0.15, 0.2) is 0 Å². The van der Waals surface area contributed by atoms with Gasteiger partial charge in [-0.3, -0.25) is 9.69 Å². The van der Waals surface area contributed by atoms with E-state index in [1.807, 2.05) is 48.5 Å². The van der Waals surface area contributed by atoms with Crippen molar-refractivity contribution in [2.75, 3.05) is 68.3 Å². The first kappa shape index (κ1) is 43.3. The van der Waals surface area contributed by atoms with Gasteiger partial charge in [-0.1, -0.05) is 64.0 Å². The van der Waals surface area contributed by atoms with Crippen LogP contribution in [0.25, 0.3) is 0 Å². The van der Waals surface area contributed by atoms with Crippen LogP contribution in [0.5, 0.6) is 0 Å². The molecule has 9 rings (SSSR count). The summed E-state index contributed by atoms with van der Waals surface area (Å²) in [7, 11) is -4.08. The number of thioether (sulfide) groups is 1. The molecule has 10 heteroatoms. The molecule has 324 valence electrons. The molecule has 2 heterocycles. The van der Waals surface area contributed by atoms with Gasteiger partial charge in [0.1, 0.15) is 0 Å². The molecule has 0 aromatic heterocycles. The number of hydrogen-bond donors (Lipinski definition) is 2. The molecule has 1 amide bonds. The standard InChI is InChI=1S/C50H69N5O3S2/c1-37-30-43(16-17-45(37)51-40(33-59-42-10-8-7-9-11-42)19-23-53-24-21-47(2,3)22-25-53)60(57,58)52-46(56)38-12-14-41(15-13-38)55-28-26-54(27-29-55)32-39-18-20-48(4,5)31-44(39)50-34-49(6,35-50)36-50/h7-17,30,40,51H,18-29,31-36H2,1-6H3,(H,52,56)/t40-,49?,50?/m1/s1. The first-order valence-electron chi connectivity index (χ1n) is 22.6. The molecule has 2 aliphatic heterocycles. The highest BCUT2D eigenvalue weighted by Gasteiger charge is 2.66. The summed E-state index contributed by atoms with van der Waals surface area (Å²) in [5, 5.41) is 3.75. The maximum Gasteiger partial charge on any atom is 0.264 e. The second-order valence-electron chi connectivity index (χ2n) is 21.0. The number of piperazine rings is 1. The lowest BCUT2D eigenvalue weighted by atomic mass is 9.33. The van der Waals surface area contributed by atoms with Crippen LogP contribution in [0.1, 0.15) is 108 Å². The summed E-state index contributed by atoms with van der Waals surface area (Å²) in [5.41, 5.74) is 8.67. The lowest BCUT2D eigenvalue weighted by Gasteiger charge is -2.72. The summed E-state index contributed by atoms with van der Waals surface area (Å²) >= 11 is 1.84. The van der Waals surface area contributed by atoms with Crippen molar-refractivity contribution in [1.29, 1.82) is 0 Å². The van der Waals surface area contributed by atoms with E-state index in [0.29, 0.717) is 27.2 Å². The second kappa shape index (κ2) is 17.1. The zero-order chi connectivity index (χ0) is 42.3. The van der Waals surface area contributed by atoms with Crippen molar-refractivity contribution in [1.82, 2.24) is 14.5 Å². The Labute approximate surface area is 365 Å². The van der Waals surface area contributed by atoms with E-state index in [0.717, 1.165) is 81.5 Å². The third kappa shape index (κ3) is 9.98. The topological polar surface area (TPSA) is 85.0 Å². The fourth-order valence-corrected chi connectivity index (χ4v) is 13.1. The number of carbonyl (C=O) groups is 1. The van der Waals surface area contributed by atoms with Crippen molar-refractivity contribution in [2.45, 2.75) is 115 Å².